The minimum atomic E-state index is 0.802. The van der Waals surface area contributed by atoms with Gasteiger partial charge in [-0.1, -0.05) is 30.0 Å². The summed E-state index contributed by atoms with van der Waals surface area (Å²) in [4.78, 5) is 4.30. The molecule has 0 aliphatic carbocycles. The molecule has 1 nitrogen and oxygen atoms in total. The number of rotatable bonds is 0. The fourth-order valence-electron chi connectivity index (χ4n) is 1.28. The number of benzene rings is 1. The summed E-state index contributed by atoms with van der Waals surface area (Å²) in [5.41, 5.74) is 2.90. The van der Waals surface area contributed by atoms with E-state index in [4.69, 9.17) is 0 Å². The molecule has 1 aromatic carbocycles. The van der Waals surface area contributed by atoms with Crippen molar-refractivity contribution in [2.45, 2.75) is 6.92 Å². The van der Waals surface area contributed by atoms with Gasteiger partial charge in [-0.15, -0.1) is 0 Å². The van der Waals surface area contributed by atoms with Crippen LogP contribution >= 0.6 is 15.9 Å². The van der Waals surface area contributed by atoms with Crippen molar-refractivity contribution in [2.24, 2.45) is 0 Å². The van der Waals surface area contributed by atoms with E-state index in [1.807, 2.05) is 49.4 Å². The molecule has 0 bridgehead atoms. The van der Waals surface area contributed by atoms with Crippen molar-refractivity contribution in [2.75, 3.05) is 0 Å². The number of aryl methyl sites for hydroxylation is 1. The molecule has 0 N–H and O–H groups in total. The molecule has 0 radical (unpaired) electrons. The Labute approximate surface area is 104 Å². The second-order valence-corrected chi connectivity index (χ2v) is 4.16. The number of halogens is 1. The summed E-state index contributed by atoms with van der Waals surface area (Å²) >= 11 is 3.41. The van der Waals surface area contributed by atoms with Gasteiger partial charge >= 0.3 is 0 Å². The fourth-order valence-corrected chi connectivity index (χ4v) is 1.79. The highest BCUT2D eigenvalue weighted by Crippen LogP contribution is 2.13. The van der Waals surface area contributed by atoms with Gasteiger partial charge in [-0.3, -0.25) is 0 Å². The molecule has 0 fully saturated rings. The van der Waals surface area contributed by atoms with Gasteiger partial charge in [0.2, 0.25) is 0 Å². The van der Waals surface area contributed by atoms with Crippen LogP contribution in [0.25, 0.3) is 0 Å². The maximum absolute atomic E-state index is 4.30. The number of nitrogens with zero attached hydrogens (tertiary/aromatic N) is 1. The van der Waals surface area contributed by atoms with Crippen LogP contribution in [-0.2, 0) is 0 Å². The minimum Gasteiger partial charge on any atom is -0.245 e. The second kappa shape index (κ2) is 4.96. The monoisotopic (exact) mass is 271 g/mol. The summed E-state index contributed by atoms with van der Waals surface area (Å²) in [7, 11) is 0. The van der Waals surface area contributed by atoms with Crippen molar-refractivity contribution < 1.29 is 0 Å². The number of aromatic nitrogens is 1. The summed E-state index contributed by atoms with van der Waals surface area (Å²) in [6.45, 7) is 1.96. The van der Waals surface area contributed by atoms with E-state index >= 15 is 0 Å². The Morgan fingerprint density at radius 3 is 2.44 bits per heavy atom. The first-order chi connectivity index (χ1) is 7.75. The van der Waals surface area contributed by atoms with Crippen molar-refractivity contribution in [3.63, 3.8) is 0 Å². The summed E-state index contributed by atoms with van der Waals surface area (Å²) in [6, 6.07) is 13.8. The lowest BCUT2D eigenvalue weighted by Gasteiger charge is -1.96. The van der Waals surface area contributed by atoms with Crippen LogP contribution in [0.2, 0.25) is 0 Å². The van der Waals surface area contributed by atoms with Crippen LogP contribution < -0.4 is 0 Å². The zero-order valence-electron chi connectivity index (χ0n) is 8.87. The summed E-state index contributed by atoms with van der Waals surface area (Å²) in [6.07, 6.45) is 0. The number of hydrogen-bond acceptors (Lipinski definition) is 1. The summed E-state index contributed by atoms with van der Waals surface area (Å²) < 4.78 is 0.802. The second-order valence-electron chi connectivity index (χ2n) is 3.41. The van der Waals surface area contributed by atoms with E-state index in [1.54, 1.807) is 0 Å². The highest BCUT2D eigenvalue weighted by molar-refractivity contribution is 9.10. The Morgan fingerprint density at radius 1 is 1.00 bits per heavy atom. The zero-order valence-corrected chi connectivity index (χ0v) is 10.5. The molecule has 0 aliphatic rings. The molecule has 2 heteroatoms. The van der Waals surface area contributed by atoms with E-state index in [1.165, 1.54) is 0 Å². The standard InChI is InChI=1S/C14H10BrN/c1-11-7-9-13(14(15)16-11)10-8-12-5-3-2-4-6-12/h2-7,9H,1H3. The van der Waals surface area contributed by atoms with Crippen molar-refractivity contribution in [1.82, 2.24) is 4.98 Å². The van der Waals surface area contributed by atoms with Gasteiger partial charge in [-0.2, -0.15) is 0 Å². The Hall–Kier alpha value is -1.59. The molecule has 2 aromatic rings. The van der Waals surface area contributed by atoms with Gasteiger partial charge in [0.25, 0.3) is 0 Å². The van der Waals surface area contributed by atoms with Crippen LogP contribution in [0.5, 0.6) is 0 Å². The van der Waals surface area contributed by atoms with Crippen LogP contribution in [0.4, 0.5) is 0 Å². The Morgan fingerprint density at radius 2 is 1.75 bits per heavy atom. The number of hydrogen-bond donors (Lipinski definition) is 0. The van der Waals surface area contributed by atoms with E-state index in [-0.39, 0.29) is 0 Å². The van der Waals surface area contributed by atoms with Crippen molar-refractivity contribution in [3.8, 4) is 11.8 Å². The molecule has 0 atom stereocenters. The zero-order chi connectivity index (χ0) is 11.4. The van der Waals surface area contributed by atoms with Gasteiger partial charge in [0.05, 0.1) is 5.56 Å². The summed E-state index contributed by atoms with van der Waals surface area (Å²) in [5.74, 6) is 6.20. The molecular weight excluding hydrogens is 262 g/mol. The van der Waals surface area contributed by atoms with E-state index < -0.39 is 0 Å². The van der Waals surface area contributed by atoms with Gasteiger partial charge in [0.1, 0.15) is 4.60 Å². The third kappa shape index (κ3) is 2.71. The van der Waals surface area contributed by atoms with Crippen LogP contribution in [0, 0.1) is 18.8 Å². The lowest BCUT2D eigenvalue weighted by atomic mass is 10.2. The van der Waals surface area contributed by atoms with Gasteiger partial charge in [0, 0.05) is 11.3 Å². The highest BCUT2D eigenvalue weighted by Gasteiger charge is 1.97. The first-order valence-electron chi connectivity index (χ1n) is 4.96. The average molecular weight is 272 g/mol. The predicted octanol–water partition coefficient (Wildman–Crippen LogP) is 3.55. The molecular formula is C14H10BrN. The molecule has 0 amide bonds. The van der Waals surface area contributed by atoms with Crippen LogP contribution in [-0.4, -0.2) is 4.98 Å². The molecule has 0 saturated carbocycles. The largest absolute Gasteiger partial charge is 0.245 e. The van der Waals surface area contributed by atoms with Crippen molar-refractivity contribution in [1.29, 1.82) is 0 Å². The number of pyridine rings is 1. The molecule has 0 spiro atoms. The Balaban J connectivity index is 2.31. The molecule has 1 aromatic heterocycles. The highest BCUT2D eigenvalue weighted by atomic mass is 79.9. The van der Waals surface area contributed by atoms with E-state index in [2.05, 4.69) is 32.8 Å². The smallest absolute Gasteiger partial charge is 0.121 e. The van der Waals surface area contributed by atoms with Gasteiger partial charge in [-0.25, -0.2) is 4.98 Å². The van der Waals surface area contributed by atoms with Gasteiger partial charge < -0.3 is 0 Å². The van der Waals surface area contributed by atoms with E-state index in [9.17, 15) is 0 Å². The molecule has 1 heterocycles. The third-order valence-corrected chi connectivity index (χ3v) is 2.71. The average Bonchev–Trinajstić information content (AvgIpc) is 2.29. The first-order valence-corrected chi connectivity index (χ1v) is 5.75. The van der Waals surface area contributed by atoms with Crippen LogP contribution in [0.1, 0.15) is 16.8 Å². The molecule has 0 unspecified atom stereocenters. The normalized spacial score (nSPS) is 9.38. The molecule has 0 aliphatic heterocycles. The van der Waals surface area contributed by atoms with Gasteiger partial charge in [0.15, 0.2) is 0 Å². The van der Waals surface area contributed by atoms with E-state index in [0.717, 1.165) is 21.4 Å². The predicted molar refractivity (Wildman–Crippen MR) is 69.1 cm³/mol. The maximum atomic E-state index is 4.30. The minimum absolute atomic E-state index is 0.802. The SMILES string of the molecule is Cc1ccc(C#Cc2ccccc2)c(Br)n1. The molecule has 78 valence electrons. The molecule has 0 saturated heterocycles. The van der Waals surface area contributed by atoms with Crippen molar-refractivity contribution >= 4 is 15.9 Å². The Kier molecular flexibility index (Phi) is 3.38. The summed E-state index contributed by atoms with van der Waals surface area (Å²) in [5, 5.41) is 0. The lowest BCUT2D eigenvalue weighted by Crippen LogP contribution is -1.85. The lowest BCUT2D eigenvalue weighted by molar-refractivity contribution is 1.16. The topological polar surface area (TPSA) is 12.9 Å². The molecule has 16 heavy (non-hydrogen) atoms. The third-order valence-electron chi connectivity index (χ3n) is 2.10. The quantitative estimate of drug-likeness (QED) is 0.528. The van der Waals surface area contributed by atoms with Crippen molar-refractivity contribution in [3.05, 3.63) is 63.9 Å². The van der Waals surface area contributed by atoms with Crippen LogP contribution in [0.15, 0.2) is 47.1 Å². The maximum Gasteiger partial charge on any atom is 0.121 e. The van der Waals surface area contributed by atoms with Gasteiger partial charge in [-0.05, 0) is 47.1 Å². The van der Waals surface area contributed by atoms with E-state index in [0.29, 0.717) is 0 Å². The molecule has 2 rings (SSSR count). The first kappa shape index (κ1) is 10.9. The Bertz CT molecular complexity index is 550. The fraction of sp³-hybridized carbons (Fsp3) is 0.0714. The van der Waals surface area contributed by atoms with Crippen LogP contribution in [0.3, 0.4) is 0 Å².